The lowest BCUT2D eigenvalue weighted by Crippen LogP contribution is -2.00. The summed E-state index contributed by atoms with van der Waals surface area (Å²) in [6.07, 6.45) is 0.649. The Kier molecular flexibility index (Phi) is 2.53. The van der Waals surface area contributed by atoms with Crippen LogP contribution < -0.4 is 5.73 Å². The standard InChI is InChI=1S/C11H10N4S2/c1-6-5-17-9(13-6)4-8-14-10(12)7-2-3-16-11(7)15-8/h2-3,5H,4H2,1H3,(H2,12,14,15). The minimum Gasteiger partial charge on any atom is -0.383 e. The highest BCUT2D eigenvalue weighted by molar-refractivity contribution is 7.16. The maximum atomic E-state index is 5.90. The zero-order chi connectivity index (χ0) is 11.8. The Hall–Kier alpha value is -1.53. The molecule has 3 rings (SSSR count). The second kappa shape index (κ2) is 4.05. The molecular weight excluding hydrogens is 252 g/mol. The van der Waals surface area contributed by atoms with Crippen molar-refractivity contribution in [1.29, 1.82) is 0 Å². The van der Waals surface area contributed by atoms with Crippen LogP contribution >= 0.6 is 22.7 Å². The van der Waals surface area contributed by atoms with Crippen LogP contribution in [-0.2, 0) is 6.42 Å². The second-order valence-corrected chi connectivity index (χ2v) is 5.56. The molecule has 0 aliphatic heterocycles. The summed E-state index contributed by atoms with van der Waals surface area (Å²) in [7, 11) is 0. The van der Waals surface area contributed by atoms with Gasteiger partial charge in [0, 0.05) is 11.1 Å². The first-order chi connectivity index (χ1) is 8.22. The third-order valence-electron chi connectivity index (χ3n) is 2.38. The van der Waals surface area contributed by atoms with Crippen LogP contribution in [0.5, 0.6) is 0 Å². The number of thiazole rings is 1. The van der Waals surface area contributed by atoms with Gasteiger partial charge in [-0.15, -0.1) is 22.7 Å². The molecule has 0 saturated heterocycles. The van der Waals surface area contributed by atoms with Crippen molar-refractivity contribution in [2.45, 2.75) is 13.3 Å². The molecule has 0 spiro atoms. The van der Waals surface area contributed by atoms with Crippen LogP contribution in [0.15, 0.2) is 16.8 Å². The highest BCUT2D eigenvalue weighted by atomic mass is 32.1. The first kappa shape index (κ1) is 10.6. The zero-order valence-corrected chi connectivity index (χ0v) is 10.8. The molecule has 0 atom stereocenters. The maximum absolute atomic E-state index is 5.90. The molecule has 3 heterocycles. The van der Waals surface area contributed by atoms with Crippen LogP contribution in [0.4, 0.5) is 5.82 Å². The van der Waals surface area contributed by atoms with Gasteiger partial charge in [-0.2, -0.15) is 0 Å². The van der Waals surface area contributed by atoms with Gasteiger partial charge in [-0.3, -0.25) is 0 Å². The average molecular weight is 262 g/mol. The molecule has 6 heteroatoms. The van der Waals surface area contributed by atoms with E-state index in [9.17, 15) is 0 Å². The van der Waals surface area contributed by atoms with Gasteiger partial charge in [0.1, 0.15) is 21.5 Å². The van der Waals surface area contributed by atoms with Crippen molar-refractivity contribution in [3.63, 3.8) is 0 Å². The van der Waals surface area contributed by atoms with Gasteiger partial charge in [-0.05, 0) is 18.4 Å². The number of anilines is 1. The van der Waals surface area contributed by atoms with Gasteiger partial charge < -0.3 is 5.73 Å². The Morgan fingerprint density at radius 1 is 1.24 bits per heavy atom. The maximum Gasteiger partial charge on any atom is 0.139 e. The van der Waals surface area contributed by atoms with Crippen molar-refractivity contribution in [3.8, 4) is 0 Å². The van der Waals surface area contributed by atoms with Crippen LogP contribution in [-0.4, -0.2) is 15.0 Å². The average Bonchev–Trinajstić information content (AvgIpc) is 2.87. The van der Waals surface area contributed by atoms with E-state index < -0.39 is 0 Å². The quantitative estimate of drug-likeness (QED) is 0.771. The van der Waals surface area contributed by atoms with Crippen molar-refractivity contribution in [1.82, 2.24) is 15.0 Å². The van der Waals surface area contributed by atoms with Crippen molar-refractivity contribution in [2.24, 2.45) is 0 Å². The molecule has 3 aromatic rings. The zero-order valence-electron chi connectivity index (χ0n) is 9.17. The summed E-state index contributed by atoms with van der Waals surface area (Å²) in [5.74, 6) is 1.30. The van der Waals surface area contributed by atoms with Gasteiger partial charge >= 0.3 is 0 Å². The van der Waals surface area contributed by atoms with Crippen molar-refractivity contribution >= 4 is 38.7 Å². The normalized spacial score (nSPS) is 11.1. The lowest BCUT2D eigenvalue weighted by atomic mass is 10.3. The predicted octanol–water partition coefficient (Wildman–Crippen LogP) is 2.63. The first-order valence-corrected chi connectivity index (χ1v) is 6.89. The Morgan fingerprint density at radius 2 is 2.12 bits per heavy atom. The summed E-state index contributed by atoms with van der Waals surface area (Å²) in [6.45, 7) is 1.98. The summed E-state index contributed by atoms with van der Waals surface area (Å²) < 4.78 is 0. The Balaban J connectivity index is 2.00. The van der Waals surface area contributed by atoms with Crippen molar-refractivity contribution < 1.29 is 0 Å². The summed E-state index contributed by atoms with van der Waals surface area (Å²) in [5.41, 5.74) is 6.94. The first-order valence-electron chi connectivity index (χ1n) is 5.13. The molecule has 86 valence electrons. The van der Waals surface area contributed by atoms with Gasteiger partial charge in [0.05, 0.1) is 11.8 Å². The van der Waals surface area contributed by atoms with E-state index in [1.54, 1.807) is 22.7 Å². The Labute approximate surface area is 106 Å². The number of nitrogen functional groups attached to an aromatic ring is 1. The number of aromatic nitrogens is 3. The fourth-order valence-electron chi connectivity index (χ4n) is 1.62. The lowest BCUT2D eigenvalue weighted by Gasteiger charge is -2.00. The minimum absolute atomic E-state index is 0.555. The molecule has 3 aromatic heterocycles. The number of rotatable bonds is 2. The minimum atomic E-state index is 0.555. The monoisotopic (exact) mass is 262 g/mol. The second-order valence-electron chi connectivity index (χ2n) is 3.72. The molecule has 17 heavy (non-hydrogen) atoms. The molecule has 0 fully saturated rings. The molecule has 0 amide bonds. The number of nitrogens with two attached hydrogens (primary N) is 1. The van der Waals surface area contributed by atoms with Gasteiger partial charge in [-0.25, -0.2) is 15.0 Å². The highest BCUT2D eigenvalue weighted by Crippen LogP contribution is 2.23. The summed E-state index contributed by atoms with van der Waals surface area (Å²) in [5, 5.41) is 5.97. The molecule has 4 nitrogen and oxygen atoms in total. The lowest BCUT2D eigenvalue weighted by molar-refractivity contribution is 0.980. The van der Waals surface area contributed by atoms with E-state index in [0.29, 0.717) is 12.2 Å². The van der Waals surface area contributed by atoms with E-state index in [4.69, 9.17) is 5.73 Å². The predicted molar refractivity (Wildman–Crippen MR) is 71.5 cm³/mol. The molecule has 0 bridgehead atoms. The van der Waals surface area contributed by atoms with Gasteiger partial charge in [0.25, 0.3) is 0 Å². The van der Waals surface area contributed by atoms with E-state index in [-0.39, 0.29) is 0 Å². The molecule has 0 radical (unpaired) electrons. The molecule has 2 N–H and O–H groups in total. The number of aryl methyl sites for hydroxylation is 1. The third-order valence-corrected chi connectivity index (χ3v) is 4.15. The van der Waals surface area contributed by atoms with Gasteiger partial charge in [-0.1, -0.05) is 0 Å². The van der Waals surface area contributed by atoms with E-state index in [1.165, 1.54) is 0 Å². The van der Waals surface area contributed by atoms with E-state index >= 15 is 0 Å². The SMILES string of the molecule is Cc1csc(Cc2nc(N)c3ccsc3n2)n1. The van der Waals surface area contributed by atoms with Gasteiger partial charge in [0.15, 0.2) is 0 Å². The topological polar surface area (TPSA) is 64.7 Å². The summed E-state index contributed by atoms with van der Waals surface area (Å²) in [6, 6.07) is 1.95. The van der Waals surface area contributed by atoms with Crippen molar-refractivity contribution in [3.05, 3.63) is 33.4 Å². The van der Waals surface area contributed by atoms with Crippen molar-refractivity contribution in [2.75, 3.05) is 5.73 Å². The van der Waals surface area contributed by atoms with Crippen LogP contribution in [0.3, 0.4) is 0 Å². The Bertz CT molecular complexity index is 671. The molecule has 0 saturated carbocycles. The number of fused-ring (bicyclic) bond motifs is 1. The summed E-state index contributed by atoms with van der Waals surface area (Å²) >= 11 is 3.21. The van der Waals surface area contributed by atoms with E-state index in [1.807, 2.05) is 23.8 Å². The number of nitrogens with zero attached hydrogens (tertiary/aromatic N) is 3. The van der Waals surface area contributed by atoms with Gasteiger partial charge in [0.2, 0.25) is 0 Å². The molecule has 0 unspecified atom stereocenters. The number of thiophene rings is 1. The fourth-order valence-corrected chi connectivity index (χ4v) is 3.18. The largest absolute Gasteiger partial charge is 0.383 e. The van der Waals surface area contributed by atoms with Crippen LogP contribution in [0.2, 0.25) is 0 Å². The fraction of sp³-hybridized carbons (Fsp3) is 0.182. The summed E-state index contributed by atoms with van der Waals surface area (Å²) in [4.78, 5) is 14.2. The van der Waals surface area contributed by atoms with Crippen LogP contribution in [0.1, 0.15) is 16.5 Å². The Morgan fingerprint density at radius 3 is 2.88 bits per heavy atom. The van der Waals surface area contributed by atoms with E-state index in [2.05, 4.69) is 15.0 Å². The third kappa shape index (κ3) is 2.01. The molecule has 0 aliphatic rings. The molecule has 0 aliphatic carbocycles. The van der Waals surface area contributed by atoms with Crippen LogP contribution in [0, 0.1) is 6.92 Å². The smallest absolute Gasteiger partial charge is 0.139 e. The number of hydrogen-bond donors (Lipinski definition) is 1. The molecule has 0 aromatic carbocycles. The molecular formula is C11H10N4S2. The van der Waals surface area contributed by atoms with Crippen LogP contribution in [0.25, 0.3) is 10.2 Å². The highest BCUT2D eigenvalue weighted by Gasteiger charge is 2.08. The van der Waals surface area contributed by atoms with E-state index in [0.717, 1.165) is 26.7 Å². The number of hydrogen-bond acceptors (Lipinski definition) is 6.